The van der Waals surface area contributed by atoms with Gasteiger partial charge in [-0.2, -0.15) is 0 Å². The Bertz CT molecular complexity index is 871. The number of benzene rings is 2. The summed E-state index contributed by atoms with van der Waals surface area (Å²) in [5.74, 6) is -0.0818. The van der Waals surface area contributed by atoms with Gasteiger partial charge in [0, 0.05) is 15.3 Å². The Morgan fingerprint density at radius 3 is 2.52 bits per heavy atom. The maximum Gasteiger partial charge on any atom is 0.251 e. The van der Waals surface area contributed by atoms with Crippen LogP contribution in [0.15, 0.2) is 60.7 Å². The van der Waals surface area contributed by atoms with Crippen molar-refractivity contribution in [2.24, 2.45) is 0 Å². The van der Waals surface area contributed by atoms with E-state index in [9.17, 15) is 9.90 Å². The maximum absolute atomic E-state index is 12.3. The number of rotatable bonds is 5. The van der Waals surface area contributed by atoms with Gasteiger partial charge in [0.05, 0.1) is 6.54 Å². The van der Waals surface area contributed by atoms with E-state index in [1.54, 1.807) is 0 Å². The highest BCUT2D eigenvalue weighted by molar-refractivity contribution is 7.12. The molecule has 3 aromatic rings. The number of nitrogens with one attached hydrogen (secondary N) is 1. The van der Waals surface area contributed by atoms with Crippen molar-refractivity contribution in [1.82, 2.24) is 5.32 Å². The molecule has 0 saturated carbocycles. The first-order valence-corrected chi connectivity index (χ1v) is 9.03. The Labute approximate surface area is 152 Å². The summed E-state index contributed by atoms with van der Waals surface area (Å²) in [7, 11) is 0. The van der Waals surface area contributed by atoms with Crippen molar-refractivity contribution in [3.63, 3.8) is 0 Å². The zero-order valence-corrected chi connectivity index (χ0v) is 15.1. The molecule has 25 heavy (non-hydrogen) atoms. The van der Waals surface area contributed by atoms with E-state index in [4.69, 9.17) is 0 Å². The molecule has 0 spiro atoms. The molecule has 2 N–H and O–H groups in total. The Balaban J connectivity index is 1.63. The highest BCUT2D eigenvalue weighted by atomic mass is 32.1. The van der Waals surface area contributed by atoms with Gasteiger partial charge in [0.2, 0.25) is 0 Å². The molecule has 1 aromatic heterocycles. The minimum absolute atomic E-state index is 0.0818. The molecule has 1 amide bonds. The summed E-state index contributed by atoms with van der Waals surface area (Å²) in [5, 5.41) is 13.4. The van der Waals surface area contributed by atoms with Crippen molar-refractivity contribution in [2.45, 2.75) is 26.5 Å². The number of hydrogen-bond donors (Lipinski definition) is 2. The first-order valence-electron chi connectivity index (χ1n) is 8.21. The minimum atomic E-state index is -0.629. The number of thiophene rings is 1. The van der Waals surface area contributed by atoms with E-state index >= 15 is 0 Å². The number of carbonyl (C=O) groups is 1. The molecule has 0 bridgehead atoms. The molecule has 0 fully saturated rings. The van der Waals surface area contributed by atoms with E-state index < -0.39 is 6.10 Å². The second-order valence-corrected chi connectivity index (χ2v) is 7.30. The second-order valence-electron chi connectivity index (χ2n) is 6.10. The van der Waals surface area contributed by atoms with E-state index in [-0.39, 0.29) is 5.91 Å². The van der Waals surface area contributed by atoms with Gasteiger partial charge in [0.1, 0.15) is 6.10 Å². The summed E-state index contributed by atoms with van der Waals surface area (Å²) < 4.78 is 0. The lowest BCUT2D eigenvalue weighted by atomic mass is 10.1. The first-order chi connectivity index (χ1) is 12.0. The van der Waals surface area contributed by atoms with Crippen LogP contribution in [0.25, 0.3) is 0 Å². The Morgan fingerprint density at radius 1 is 1.04 bits per heavy atom. The largest absolute Gasteiger partial charge is 0.383 e. The molecular weight excluding hydrogens is 330 g/mol. The summed E-state index contributed by atoms with van der Waals surface area (Å²) in [4.78, 5) is 14.2. The van der Waals surface area contributed by atoms with E-state index in [1.807, 2.05) is 74.5 Å². The van der Waals surface area contributed by atoms with Crippen molar-refractivity contribution in [3.8, 4) is 0 Å². The number of aliphatic hydroxyl groups excluding tert-OH is 1. The lowest BCUT2D eigenvalue weighted by Crippen LogP contribution is -2.22. The summed E-state index contributed by atoms with van der Waals surface area (Å²) in [6.07, 6.45) is -0.629. The Morgan fingerprint density at radius 2 is 1.80 bits per heavy atom. The SMILES string of the molecule is Cc1ccc(C(=O)NCc2ccc(C(O)c3ccccc3)s2)cc1C. The first kappa shape index (κ1) is 17.4. The van der Waals surface area contributed by atoms with Crippen LogP contribution in [0, 0.1) is 13.8 Å². The zero-order chi connectivity index (χ0) is 17.8. The van der Waals surface area contributed by atoms with E-state index in [0.717, 1.165) is 20.9 Å². The number of carbonyl (C=O) groups excluding carboxylic acids is 1. The van der Waals surface area contributed by atoms with E-state index in [2.05, 4.69) is 5.32 Å². The molecular formula is C21H21NO2S. The fourth-order valence-electron chi connectivity index (χ4n) is 2.59. The molecule has 0 aliphatic rings. The van der Waals surface area contributed by atoms with Crippen LogP contribution in [0.3, 0.4) is 0 Å². The van der Waals surface area contributed by atoms with Gasteiger partial charge >= 0.3 is 0 Å². The third-order valence-corrected chi connectivity index (χ3v) is 5.40. The summed E-state index contributed by atoms with van der Waals surface area (Å²) in [5.41, 5.74) is 3.82. The highest BCUT2D eigenvalue weighted by Crippen LogP contribution is 2.28. The van der Waals surface area contributed by atoms with Crippen molar-refractivity contribution >= 4 is 17.2 Å². The van der Waals surface area contributed by atoms with Gasteiger partial charge < -0.3 is 10.4 Å². The standard InChI is InChI=1S/C21H21NO2S/c1-14-8-9-17(12-15(14)2)21(24)22-13-18-10-11-19(25-18)20(23)16-6-4-3-5-7-16/h3-12,20,23H,13H2,1-2H3,(H,22,24). The molecule has 2 aromatic carbocycles. The molecule has 0 aliphatic carbocycles. The average Bonchev–Trinajstić information content (AvgIpc) is 3.11. The predicted molar refractivity (Wildman–Crippen MR) is 102 cm³/mol. The van der Waals surface area contributed by atoms with Gasteiger partial charge in [-0.15, -0.1) is 11.3 Å². The predicted octanol–water partition coefficient (Wildman–Crippen LogP) is 4.38. The van der Waals surface area contributed by atoms with Crippen LogP contribution in [-0.4, -0.2) is 11.0 Å². The van der Waals surface area contributed by atoms with Crippen LogP contribution in [0.5, 0.6) is 0 Å². The van der Waals surface area contributed by atoms with E-state index in [1.165, 1.54) is 16.9 Å². The second kappa shape index (κ2) is 7.64. The van der Waals surface area contributed by atoms with Crippen LogP contribution >= 0.6 is 11.3 Å². The van der Waals surface area contributed by atoms with Crippen molar-refractivity contribution in [1.29, 1.82) is 0 Å². The molecule has 1 unspecified atom stereocenters. The topological polar surface area (TPSA) is 49.3 Å². The van der Waals surface area contributed by atoms with Crippen LogP contribution in [0.2, 0.25) is 0 Å². The molecule has 3 rings (SSSR count). The molecule has 3 nitrogen and oxygen atoms in total. The quantitative estimate of drug-likeness (QED) is 0.717. The zero-order valence-electron chi connectivity index (χ0n) is 14.3. The summed E-state index contributed by atoms with van der Waals surface area (Å²) in [6.45, 7) is 4.49. The van der Waals surface area contributed by atoms with Crippen molar-refractivity contribution < 1.29 is 9.90 Å². The van der Waals surface area contributed by atoms with Crippen LogP contribution in [0.4, 0.5) is 0 Å². The number of amides is 1. The number of aliphatic hydroxyl groups is 1. The fourth-order valence-corrected chi connectivity index (χ4v) is 3.56. The Hall–Kier alpha value is -2.43. The van der Waals surface area contributed by atoms with Crippen LogP contribution in [0.1, 0.15) is 42.9 Å². The van der Waals surface area contributed by atoms with Gasteiger partial charge in [0.15, 0.2) is 0 Å². The highest BCUT2D eigenvalue weighted by Gasteiger charge is 2.13. The van der Waals surface area contributed by atoms with Crippen LogP contribution in [-0.2, 0) is 6.54 Å². The normalized spacial score (nSPS) is 12.0. The van der Waals surface area contributed by atoms with Gasteiger partial charge in [-0.1, -0.05) is 36.4 Å². The molecule has 1 atom stereocenters. The third-order valence-electron chi connectivity index (χ3n) is 4.26. The molecule has 128 valence electrons. The Kier molecular flexibility index (Phi) is 5.31. The summed E-state index contributed by atoms with van der Waals surface area (Å²) in [6, 6.07) is 19.2. The molecule has 0 saturated heterocycles. The van der Waals surface area contributed by atoms with Gasteiger partial charge in [0.25, 0.3) is 5.91 Å². The fraction of sp³-hybridized carbons (Fsp3) is 0.190. The van der Waals surface area contributed by atoms with Crippen LogP contribution < -0.4 is 5.32 Å². The van der Waals surface area contributed by atoms with Crippen molar-refractivity contribution in [3.05, 3.63) is 92.7 Å². The van der Waals surface area contributed by atoms with Gasteiger partial charge in [-0.3, -0.25) is 4.79 Å². The monoisotopic (exact) mass is 351 g/mol. The van der Waals surface area contributed by atoms with Crippen molar-refractivity contribution in [2.75, 3.05) is 0 Å². The smallest absolute Gasteiger partial charge is 0.251 e. The third kappa shape index (κ3) is 4.16. The molecule has 0 radical (unpaired) electrons. The maximum atomic E-state index is 12.3. The lowest BCUT2D eigenvalue weighted by molar-refractivity contribution is 0.0951. The number of hydrogen-bond acceptors (Lipinski definition) is 3. The summed E-state index contributed by atoms with van der Waals surface area (Å²) >= 11 is 1.51. The lowest BCUT2D eigenvalue weighted by Gasteiger charge is -2.08. The molecule has 0 aliphatic heterocycles. The van der Waals surface area contributed by atoms with E-state index in [0.29, 0.717) is 12.1 Å². The van der Waals surface area contributed by atoms with Gasteiger partial charge in [-0.05, 0) is 54.8 Å². The number of aryl methyl sites for hydroxylation is 2. The molecule has 1 heterocycles. The minimum Gasteiger partial charge on any atom is -0.383 e. The molecule has 4 heteroatoms. The van der Waals surface area contributed by atoms with Gasteiger partial charge in [-0.25, -0.2) is 0 Å². The average molecular weight is 351 g/mol.